The van der Waals surface area contributed by atoms with E-state index in [-0.39, 0.29) is 12.4 Å². The molecule has 0 atom stereocenters. The predicted octanol–water partition coefficient (Wildman–Crippen LogP) is 3.32. The summed E-state index contributed by atoms with van der Waals surface area (Å²) in [6, 6.07) is 9.47. The molecule has 0 spiro atoms. The number of methoxy groups -OCH3 is 3. The zero-order valence-electron chi connectivity index (χ0n) is 19.4. The second-order valence-corrected chi connectivity index (χ2v) is 7.56. The van der Waals surface area contributed by atoms with Gasteiger partial charge < -0.3 is 24.5 Å². The van der Waals surface area contributed by atoms with E-state index in [2.05, 4.69) is 9.55 Å². The molecule has 2 aromatic heterocycles. The summed E-state index contributed by atoms with van der Waals surface area (Å²) in [5.41, 5.74) is 10.4. The van der Waals surface area contributed by atoms with E-state index in [1.807, 2.05) is 31.2 Å². The third-order valence-electron chi connectivity index (χ3n) is 5.69. The molecule has 0 saturated heterocycles. The molecule has 8 heteroatoms. The number of ether oxygens (including phenoxy) is 3. The van der Waals surface area contributed by atoms with E-state index in [1.165, 1.54) is 7.11 Å². The van der Waals surface area contributed by atoms with Gasteiger partial charge in [0.25, 0.3) is 5.91 Å². The first-order valence-electron chi connectivity index (χ1n) is 10.6. The molecule has 2 heterocycles. The van der Waals surface area contributed by atoms with Gasteiger partial charge in [0, 0.05) is 41.5 Å². The first-order chi connectivity index (χ1) is 15.9. The Morgan fingerprint density at radius 2 is 1.82 bits per heavy atom. The summed E-state index contributed by atoms with van der Waals surface area (Å²) >= 11 is 0. The molecule has 2 N–H and O–H groups in total. The Morgan fingerprint density at radius 1 is 1.06 bits per heavy atom. The lowest BCUT2D eigenvalue weighted by Crippen LogP contribution is -2.14. The summed E-state index contributed by atoms with van der Waals surface area (Å²) in [5.74, 6) is 0.472. The summed E-state index contributed by atoms with van der Waals surface area (Å²) in [6.45, 7) is 2.45. The van der Waals surface area contributed by atoms with Crippen molar-refractivity contribution in [3.8, 4) is 22.6 Å². The van der Waals surface area contributed by atoms with Gasteiger partial charge >= 0.3 is 5.97 Å². The third-order valence-corrected chi connectivity index (χ3v) is 5.69. The van der Waals surface area contributed by atoms with Crippen LogP contribution in [0.1, 0.15) is 33.7 Å². The van der Waals surface area contributed by atoms with Crippen LogP contribution in [0.2, 0.25) is 0 Å². The number of carbonyl (C=O) groups excluding carboxylic acids is 2. The molecular formula is C25H29N3O5. The lowest BCUT2D eigenvalue weighted by molar-refractivity contribution is -0.140. The van der Waals surface area contributed by atoms with Crippen LogP contribution in [-0.4, -0.2) is 42.8 Å². The van der Waals surface area contributed by atoms with E-state index in [9.17, 15) is 9.59 Å². The maximum Gasteiger partial charge on any atom is 0.305 e. The molecule has 3 aromatic rings. The molecule has 0 radical (unpaired) electrons. The molecule has 1 amide bonds. The van der Waals surface area contributed by atoms with E-state index in [4.69, 9.17) is 19.9 Å². The van der Waals surface area contributed by atoms with Gasteiger partial charge in [-0.3, -0.25) is 14.6 Å². The number of benzene rings is 1. The molecule has 0 bridgehead atoms. The van der Waals surface area contributed by atoms with Crippen molar-refractivity contribution < 1.29 is 23.8 Å². The minimum Gasteiger partial charge on any atom is -0.493 e. The Bertz CT molecular complexity index is 1140. The highest BCUT2D eigenvalue weighted by Gasteiger charge is 2.25. The summed E-state index contributed by atoms with van der Waals surface area (Å²) in [4.78, 5) is 28.6. The molecule has 0 unspecified atom stereocenters. The number of hydrogen-bond donors (Lipinski definition) is 1. The lowest BCUT2D eigenvalue weighted by Gasteiger charge is -2.14. The topological polar surface area (TPSA) is 106 Å². The number of hydrogen-bond acceptors (Lipinski definition) is 6. The summed E-state index contributed by atoms with van der Waals surface area (Å²) in [5, 5.41) is 0. The standard InChI is InChI=1S/C25H29N3O5/c1-16-23(25(26)30)24(18-6-5-12-27-15-18)19(8-10-22(29)33-4)28(16)13-11-17-7-9-20(31-2)21(14-17)32-3/h5-7,9,12,14-15H,8,10-11,13H2,1-4H3,(H2,26,30). The Morgan fingerprint density at radius 3 is 2.42 bits per heavy atom. The number of primary amides is 1. The number of nitrogens with zero attached hydrogens (tertiary/aromatic N) is 2. The van der Waals surface area contributed by atoms with Crippen LogP contribution < -0.4 is 15.2 Å². The van der Waals surface area contributed by atoms with Crippen molar-refractivity contribution in [1.82, 2.24) is 9.55 Å². The maximum absolute atomic E-state index is 12.5. The van der Waals surface area contributed by atoms with Gasteiger partial charge in [0.2, 0.25) is 0 Å². The zero-order chi connectivity index (χ0) is 24.0. The Labute approximate surface area is 193 Å². The molecule has 8 nitrogen and oxygen atoms in total. The molecule has 0 aliphatic rings. The second kappa shape index (κ2) is 10.7. The van der Waals surface area contributed by atoms with Crippen LogP contribution in [0, 0.1) is 6.92 Å². The molecule has 174 valence electrons. The highest BCUT2D eigenvalue weighted by Crippen LogP contribution is 2.34. The van der Waals surface area contributed by atoms with Gasteiger partial charge in [-0.15, -0.1) is 0 Å². The van der Waals surface area contributed by atoms with Crippen molar-refractivity contribution >= 4 is 11.9 Å². The number of pyridine rings is 1. The van der Waals surface area contributed by atoms with Gasteiger partial charge in [-0.1, -0.05) is 12.1 Å². The van der Waals surface area contributed by atoms with Gasteiger partial charge in [-0.2, -0.15) is 0 Å². The largest absolute Gasteiger partial charge is 0.493 e. The number of rotatable bonds is 10. The van der Waals surface area contributed by atoms with Gasteiger partial charge in [0.05, 0.1) is 33.3 Å². The molecule has 1 aromatic carbocycles. The predicted molar refractivity (Wildman–Crippen MR) is 125 cm³/mol. The fraction of sp³-hybridized carbons (Fsp3) is 0.320. The van der Waals surface area contributed by atoms with E-state index < -0.39 is 5.91 Å². The molecule has 3 rings (SSSR count). The highest BCUT2D eigenvalue weighted by molar-refractivity contribution is 6.02. The maximum atomic E-state index is 12.5. The fourth-order valence-corrected chi connectivity index (χ4v) is 4.08. The molecule has 33 heavy (non-hydrogen) atoms. The van der Waals surface area contributed by atoms with Gasteiger partial charge in [-0.05, 0) is 43.5 Å². The van der Waals surface area contributed by atoms with E-state index >= 15 is 0 Å². The smallest absolute Gasteiger partial charge is 0.305 e. The molecular weight excluding hydrogens is 422 g/mol. The Balaban J connectivity index is 2.06. The normalized spacial score (nSPS) is 10.7. The van der Waals surface area contributed by atoms with Crippen molar-refractivity contribution in [3.63, 3.8) is 0 Å². The molecule has 0 aliphatic heterocycles. The molecule has 0 saturated carbocycles. The van der Waals surface area contributed by atoms with E-state index in [0.717, 1.165) is 22.5 Å². The van der Waals surface area contributed by atoms with E-state index in [0.29, 0.717) is 42.0 Å². The molecule has 0 aliphatic carbocycles. The van der Waals surface area contributed by atoms with Gasteiger partial charge in [0.15, 0.2) is 11.5 Å². The number of carbonyl (C=O) groups is 2. The number of aromatic nitrogens is 2. The monoisotopic (exact) mass is 451 g/mol. The Kier molecular flexibility index (Phi) is 7.71. The van der Waals surface area contributed by atoms with Gasteiger partial charge in [-0.25, -0.2) is 0 Å². The quantitative estimate of drug-likeness (QED) is 0.474. The van der Waals surface area contributed by atoms with Crippen molar-refractivity contribution in [2.45, 2.75) is 32.7 Å². The summed E-state index contributed by atoms with van der Waals surface area (Å²) in [7, 11) is 4.56. The van der Waals surface area contributed by atoms with Crippen molar-refractivity contribution in [1.29, 1.82) is 0 Å². The zero-order valence-corrected chi connectivity index (χ0v) is 19.4. The Hall–Kier alpha value is -3.81. The first-order valence-corrected chi connectivity index (χ1v) is 10.6. The molecule has 0 fully saturated rings. The van der Waals surface area contributed by atoms with Crippen LogP contribution in [-0.2, 0) is 28.9 Å². The number of amides is 1. The second-order valence-electron chi connectivity index (χ2n) is 7.56. The van der Waals surface area contributed by atoms with Crippen molar-refractivity contribution in [2.24, 2.45) is 5.73 Å². The minimum atomic E-state index is -0.518. The third kappa shape index (κ3) is 5.16. The summed E-state index contributed by atoms with van der Waals surface area (Å²) < 4.78 is 17.6. The SMILES string of the molecule is COC(=O)CCc1c(-c2cccnc2)c(C(N)=O)c(C)n1CCc1ccc(OC)c(OC)c1. The number of esters is 1. The van der Waals surface area contributed by atoms with Crippen LogP contribution >= 0.6 is 0 Å². The fourth-order valence-electron chi connectivity index (χ4n) is 4.08. The highest BCUT2D eigenvalue weighted by atomic mass is 16.5. The van der Waals surface area contributed by atoms with E-state index in [1.54, 1.807) is 32.7 Å². The number of aryl methyl sites for hydroxylation is 1. The lowest BCUT2D eigenvalue weighted by atomic mass is 9.99. The van der Waals surface area contributed by atoms with Crippen molar-refractivity contribution in [3.05, 3.63) is 65.2 Å². The minimum absolute atomic E-state index is 0.182. The van der Waals surface area contributed by atoms with Crippen LogP contribution in [0.15, 0.2) is 42.7 Å². The van der Waals surface area contributed by atoms with Crippen LogP contribution in [0.4, 0.5) is 0 Å². The van der Waals surface area contributed by atoms with Crippen LogP contribution in [0.5, 0.6) is 11.5 Å². The average Bonchev–Trinajstić information content (AvgIpc) is 3.12. The summed E-state index contributed by atoms with van der Waals surface area (Å²) in [6.07, 6.45) is 4.62. The average molecular weight is 452 g/mol. The van der Waals surface area contributed by atoms with Gasteiger partial charge in [0.1, 0.15) is 0 Å². The number of nitrogens with two attached hydrogens (primary N) is 1. The van der Waals surface area contributed by atoms with Crippen molar-refractivity contribution in [2.75, 3.05) is 21.3 Å². The van der Waals surface area contributed by atoms with Crippen LogP contribution in [0.3, 0.4) is 0 Å². The van der Waals surface area contributed by atoms with Crippen LogP contribution in [0.25, 0.3) is 11.1 Å². The first kappa shape index (κ1) is 23.8.